The molecule has 1 spiro atoms. The van der Waals surface area contributed by atoms with Gasteiger partial charge in [0.15, 0.2) is 0 Å². The molecule has 0 saturated carbocycles. The number of rotatable bonds is 3. The number of piperidine rings is 1. The molecule has 7 heteroatoms. The molecule has 2 unspecified atom stereocenters. The molecule has 0 radical (unpaired) electrons. The van der Waals surface area contributed by atoms with Gasteiger partial charge < -0.3 is 15.0 Å². The summed E-state index contributed by atoms with van der Waals surface area (Å²) in [4.78, 5) is 10.9. The lowest BCUT2D eigenvalue weighted by molar-refractivity contribution is -0.00652. The van der Waals surface area contributed by atoms with Crippen molar-refractivity contribution in [3.05, 3.63) is 36.4 Å². The van der Waals surface area contributed by atoms with E-state index in [9.17, 15) is 0 Å². The van der Waals surface area contributed by atoms with Crippen LogP contribution in [0.4, 0.5) is 11.6 Å². The van der Waals surface area contributed by atoms with Crippen molar-refractivity contribution in [3.8, 4) is 0 Å². The van der Waals surface area contributed by atoms with Crippen molar-refractivity contribution in [1.82, 2.24) is 20.2 Å². The molecule has 0 aliphatic carbocycles. The van der Waals surface area contributed by atoms with Crippen molar-refractivity contribution in [1.29, 1.82) is 0 Å². The van der Waals surface area contributed by atoms with Crippen LogP contribution in [0.2, 0.25) is 0 Å². The predicted molar refractivity (Wildman–Crippen MR) is 91.0 cm³/mol. The molecule has 0 amide bonds. The minimum absolute atomic E-state index is 0.106. The highest BCUT2D eigenvalue weighted by Crippen LogP contribution is 2.36. The van der Waals surface area contributed by atoms with Gasteiger partial charge in [0.05, 0.1) is 30.1 Å². The first kappa shape index (κ1) is 15.3. The van der Waals surface area contributed by atoms with E-state index in [1.165, 1.54) is 0 Å². The number of nitrogens with zero attached hydrogens (tertiary/aromatic N) is 5. The molecule has 1 N–H and O–H groups in total. The van der Waals surface area contributed by atoms with Crippen molar-refractivity contribution in [2.24, 2.45) is 0 Å². The molecule has 2 aliphatic heterocycles. The lowest BCUT2D eigenvalue weighted by Gasteiger charge is -2.40. The summed E-state index contributed by atoms with van der Waals surface area (Å²) in [5.41, 5.74) is 0.817. The van der Waals surface area contributed by atoms with E-state index >= 15 is 0 Å². The Hall–Kier alpha value is -2.28. The van der Waals surface area contributed by atoms with E-state index in [-0.39, 0.29) is 11.6 Å². The van der Waals surface area contributed by atoms with Gasteiger partial charge in [-0.3, -0.25) is 4.98 Å². The van der Waals surface area contributed by atoms with Gasteiger partial charge in [-0.15, -0.1) is 5.10 Å². The van der Waals surface area contributed by atoms with E-state index in [0.717, 1.165) is 49.7 Å². The zero-order valence-electron chi connectivity index (χ0n) is 13.9. The molecule has 2 saturated heterocycles. The van der Waals surface area contributed by atoms with E-state index in [1.807, 2.05) is 25.3 Å². The van der Waals surface area contributed by atoms with Crippen molar-refractivity contribution in [3.63, 3.8) is 0 Å². The second kappa shape index (κ2) is 6.32. The van der Waals surface area contributed by atoms with E-state index in [2.05, 4.69) is 30.4 Å². The summed E-state index contributed by atoms with van der Waals surface area (Å²) in [7, 11) is 0. The first-order valence-electron chi connectivity index (χ1n) is 8.44. The van der Waals surface area contributed by atoms with Crippen LogP contribution in [-0.4, -0.2) is 51.5 Å². The van der Waals surface area contributed by atoms with Gasteiger partial charge in [-0.2, -0.15) is 5.10 Å². The average Bonchev–Trinajstić information content (AvgIpc) is 2.99. The zero-order valence-corrected chi connectivity index (χ0v) is 13.9. The van der Waals surface area contributed by atoms with Gasteiger partial charge in [0.2, 0.25) is 0 Å². The summed E-state index contributed by atoms with van der Waals surface area (Å²) < 4.78 is 6.24. The minimum atomic E-state index is -0.106. The number of anilines is 2. The van der Waals surface area contributed by atoms with Crippen LogP contribution in [-0.2, 0) is 4.74 Å². The second-order valence-electron chi connectivity index (χ2n) is 6.69. The summed E-state index contributed by atoms with van der Waals surface area (Å²) in [6, 6.07) is 4.21. The first-order chi connectivity index (χ1) is 11.7. The Balaban J connectivity index is 1.42. The fourth-order valence-corrected chi connectivity index (χ4v) is 3.65. The summed E-state index contributed by atoms with van der Waals surface area (Å²) in [6.07, 6.45) is 8.43. The molecule has 2 aliphatic rings. The first-order valence-corrected chi connectivity index (χ1v) is 8.44. The van der Waals surface area contributed by atoms with Crippen LogP contribution in [0.25, 0.3) is 0 Å². The third-order valence-electron chi connectivity index (χ3n) is 4.77. The Morgan fingerprint density at radius 1 is 1.29 bits per heavy atom. The lowest BCUT2D eigenvalue weighted by atomic mass is 9.88. The number of nitrogens with one attached hydrogen (secondary N) is 1. The largest absolute Gasteiger partial charge is 0.371 e. The molecule has 126 valence electrons. The van der Waals surface area contributed by atoms with Crippen molar-refractivity contribution in [2.45, 2.75) is 37.8 Å². The molecule has 4 heterocycles. The number of hydrogen-bond acceptors (Lipinski definition) is 7. The van der Waals surface area contributed by atoms with Crippen LogP contribution in [0.3, 0.4) is 0 Å². The standard InChI is InChI=1S/C17H22N6O/c1-13-3-4-15(22-21-13)20-14-9-17(24-11-14)5-2-8-23(12-17)16-10-18-6-7-19-16/h3-4,6-7,10,14H,2,5,8-9,11-12H2,1H3,(H,20,22). The summed E-state index contributed by atoms with van der Waals surface area (Å²) in [6.45, 7) is 4.51. The second-order valence-corrected chi connectivity index (χ2v) is 6.69. The lowest BCUT2D eigenvalue weighted by Crippen LogP contribution is -2.48. The Morgan fingerprint density at radius 3 is 3.04 bits per heavy atom. The molecule has 7 nitrogen and oxygen atoms in total. The van der Waals surface area contributed by atoms with Gasteiger partial charge in [0, 0.05) is 31.9 Å². The van der Waals surface area contributed by atoms with Crippen LogP contribution in [0, 0.1) is 6.92 Å². The topological polar surface area (TPSA) is 76.1 Å². The maximum absolute atomic E-state index is 6.24. The Kier molecular flexibility index (Phi) is 4.02. The SMILES string of the molecule is Cc1ccc(NC2COC3(CCCN(c4cnccn4)C3)C2)nn1. The van der Waals surface area contributed by atoms with E-state index in [1.54, 1.807) is 12.4 Å². The maximum atomic E-state index is 6.24. The molecular weight excluding hydrogens is 304 g/mol. The predicted octanol–water partition coefficient (Wildman–Crippen LogP) is 1.82. The van der Waals surface area contributed by atoms with Crippen molar-refractivity contribution < 1.29 is 4.74 Å². The molecule has 0 bridgehead atoms. The maximum Gasteiger partial charge on any atom is 0.148 e. The Morgan fingerprint density at radius 2 is 2.25 bits per heavy atom. The van der Waals surface area contributed by atoms with Gasteiger partial charge in [-0.05, 0) is 31.9 Å². The van der Waals surface area contributed by atoms with Crippen LogP contribution in [0.15, 0.2) is 30.7 Å². The highest BCUT2D eigenvalue weighted by Gasteiger charge is 2.43. The van der Waals surface area contributed by atoms with Gasteiger partial charge in [-0.25, -0.2) is 4.98 Å². The van der Waals surface area contributed by atoms with E-state index in [4.69, 9.17) is 4.74 Å². The normalized spacial score (nSPS) is 26.7. The van der Waals surface area contributed by atoms with Crippen molar-refractivity contribution >= 4 is 11.6 Å². The van der Waals surface area contributed by atoms with Crippen LogP contribution in [0.1, 0.15) is 25.0 Å². The quantitative estimate of drug-likeness (QED) is 0.922. The summed E-state index contributed by atoms with van der Waals surface area (Å²) in [5.74, 6) is 1.74. The molecule has 2 aromatic heterocycles. The average molecular weight is 326 g/mol. The molecular formula is C17H22N6O. The minimum Gasteiger partial charge on any atom is -0.371 e. The third kappa shape index (κ3) is 3.17. The Bertz CT molecular complexity index is 679. The van der Waals surface area contributed by atoms with Gasteiger partial charge in [0.1, 0.15) is 11.6 Å². The summed E-state index contributed by atoms with van der Waals surface area (Å²) in [5, 5.41) is 11.7. The third-order valence-corrected chi connectivity index (χ3v) is 4.77. The number of hydrogen-bond donors (Lipinski definition) is 1. The van der Waals surface area contributed by atoms with Crippen LogP contribution < -0.4 is 10.2 Å². The molecule has 24 heavy (non-hydrogen) atoms. The fourth-order valence-electron chi connectivity index (χ4n) is 3.65. The smallest absolute Gasteiger partial charge is 0.148 e. The van der Waals surface area contributed by atoms with Crippen LogP contribution in [0.5, 0.6) is 0 Å². The number of ether oxygens (including phenoxy) is 1. The number of aryl methyl sites for hydroxylation is 1. The van der Waals surface area contributed by atoms with E-state index < -0.39 is 0 Å². The highest BCUT2D eigenvalue weighted by molar-refractivity contribution is 5.38. The van der Waals surface area contributed by atoms with Gasteiger partial charge in [0.25, 0.3) is 0 Å². The highest BCUT2D eigenvalue weighted by atomic mass is 16.5. The van der Waals surface area contributed by atoms with Gasteiger partial charge in [-0.1, -0.05) is 0 Å². The molecule has 4 rings (SSSR count). The molecule has 2 fully saturated rings. The zero-order chi connectivity index (χ0) is 16.4. The van der Waals surface area contributed by atoms with Gasteiger partial charge >= 0.3 is 0 Å². The molecule has 2 aromatic rings. The molecule has 2 atom stereocenters. The van der Waals surface area contributed by atoms with E-state index in [0.29, 0.717) is 6.61 Å². The Labute approximate surface area is 141 Å². The van der Waals surface area contributed by atoms with Crippen LogP contribution >= 0.6 is 0 Å². The molecule has 0 aromatic carbocycles. The summed E-state index contributed by atoms with van der Waals surface area (Å²) >= 11 is 0. The monoisotopic (exact) mass is 326 g/mol. The fraction of sp³-hybridized carbons (Fsp3) is 0.529. The number of aromatic nitrogens is 4. The van der Waals surface area contributed by atoms with Crippen molar-refractivity contribution in [2.75, 3.05) is 29.9 Å².